The maximum Gasteiger partial charge on any atom is 0.573 e. The minimum Gasteiger partial charge on any atom is -0.405 e. The highest BCUT2D eigenvalue weighted by Crippen LogP contribution is 2.34. The minimum atomic E-state index is -4.80. The second-order valence-electron chi connectivity index (χ2n) is 4.49. The third kappa shape index (κ3) is 3.98. The van der Waals surface area contributed by atoms with Gasteiger partial charge in [-0.05, 0) is 36.2 Å². The Kier molecular flexibility index (Phi) is 4.58. The van der Waals surface area contributed by atoms with E-state index in [-0.39, 0.29) is 5.56 Å². The van der Waals surface area contributed by atoms with Crippen molar-refractivity contribution in [2.75, 3.05) is 0 Å². The van der Waals surface area contributed by atoms with E-state index in [0.29, 0.717) is 5.56 Å². The van der Waals surface area contributed by atoms with Gasteiger partial charge in [0.1, 0.15) is 11.9 Å². The number of hydrogen-bond donors (Lipinski definition) is 1. The predicted molar refractivity (Wildman–Crippen MR) is 76.1 cm³/mol. The van der Waals surface area contributed by atoms with Crippen LogP contribution in [-0.4, -0.2) is 11.5 Å². The first-order chi connectivity index (χ1) is 9.78. The molecule has 0 radical (unpaired) electrons. The lowest BCUT2D eigenvalue weighted by Crippen LogP contribution is -2.19. The highest BCUT2D eigenvalue weighted by atomic mass is 79.9. The van der Waals surface area contributed by atoms with Crippen LogP contribution in [0.5, 0.6) is 5.75 Å². The number of aryl methyl sites for hydroxylation is 1. The summed E-state index contributed by atoms with van der Waals surface area (Å²) in [4.78, 5) is 0. The summed E-state index contributed by atoms with van der Waals surface area (Å²) in [6.07, 6.45) is -6.00. The Hall–Kier alpha value is -1.53. The van der Waals surface area contributed by atoms with E-state index in [9.17, 15) is 18.3 Å². The van der Waals surface area contributed by atoms with E-state index in [1.54, 1.807) is 31.2 Å². The average Bonchev–Trinajstić information content (AvgIpc) is 2.36. The molecule has 0 aliphatic rings. The first-order valence-corrected chi connectivity index (χ1v) is 6.86. The third-order valence-electron chi connectivity index (χ3n) is 2.97. The van der Waals surface area contributed by atoms with Crippen LogP contribution in [0.2, 0.25) is 0 Å². The smallest absolute Gasteiger partial charge is 0.405 e. The third-order valence-corrected chi connectivity index (χ3v) is 3.46. The molecule has 0 heterocycles. The highest BCUT2D eigenvalue weighted by molar-refractivity contribution is 9.10. The van der Waals surface area contributed by atoms with Crippen molar-refractivity contribution in [3.05, 3.63) is 63.6 Å². The summed E-state index contributed by atoms with van der Waals surface area (Å²) in [5.41, 5.74) is 1.36. The van der Waals surface area contributed by atoms with Gasteiger partial charge in [0.2, 0.25) is 0 Å². The molecule has 0 aliphatic heterocycles. The summed E-state index contributed by atoms with van der Waals surface area (Å²) >= 11 is 3.30. The number of ether oxygens (including phenoxy) is 1. The SMILES string of the molecule is Cc1cc(Br)ccc1C(O)c1ccccc1OC(F)(F)F. The van der Waals surface area contributed by atoms with Gasteiger partial charge in [-0.15, -0.1) is 13.2 Å². The molecule has 1 N–H and O–H groups in total. The number of rotatable bonds is 3. The Morgan fingerprint density at radius 3 is 2.38 bits per heavy atom. The van der Waals surface area contributed by atoms with Crippen LogP contribution in [0.1, 0.15) is 22.8 Å². The quantitative estimate of drug-likeness (QED) is 0.856. The van der Waals surface area contributed by atoms with Gasteiger partial charge in [0.15, 0.2) is 0 Å². The van der Waals surface area contributed by atoms with E-state index in [1.807, 2.05) is 0 Å². The summed E-state index contributed by atoms with van der Waals surface area (Å²) in [6, 6.07) is 10.7. The van der Waals surface area contributed by atoms with Crippen molar-refractivity contribution in [2.45, 2.75) is 19.4 Å². The molecule has 0 spiro atoms. The van der Waals surface area contributed by atoms with Crippen molar-refractivity contribution in [2.24, 2.45) is 0 Å². The second kappa shape index (κ2) is 6.07. The number of alkyl halides is 3. The number of hydrogen-bond acceptors (Lipinski definition) is 2. The molecule has 112 valence electrons. The molecule has 2 aromatic rings. The fourth-order valence-corrected chi connectivity index (χ4v) is 2.51. The van der Waals surface area contributed by atoms with Crippen LogP contribution in [-0.2, 0) is 0 Å². The molecule has 0 fully saturated rings. The minimum absolute atomic E-state index is 0.0697. The summed E-state index contributed by atoms with van der Waals surface area (Å²) in [5, 5.41) is 10.4. The second-order valence-corrected chi connectivity index (χ2v) is 5.40. The Morgan fingerprint density at radius 1 is 1.10 bits per heavy atom. The molecule has 21 heavy (non-hydrogen) atoms. The molecule has 2 nitrogen and oxygen atoms in total. The molecule has 0 saturated heterocycles. The van der Waals surface area contributed by atoms with Crippen molar-refractivity contribution in [1.82, 2.24) is 0 Å². The van der Waals surface area contributed by atoms with E-state index >= 15 is 0 Å². The highest BCUT2D eigenvalue weighted by Gasteiger charge is 2.33. The van der Waals surface area contributed by atoms with Crippen molar-refractivity contribution >= 4 is 15.9 Å². The van der Waals surface area contributed by atoms with Gasteiger partial charge in [-0.2, -0.15) is 0 Å². The molecule has 0 bridgehead atoms. The van der Waals surface area contributed by atoms with Gasteiger partial charge in [0, 0.05) is 10.0 Å². The topological polar surface area (TPSA) is 29.5 Å². The Bertz CT molecular complexity index is 641. The molecule has 2 aromatic carbocycles. The van der Waals surface area contributed by atoms with Crippen LogP contribution in [0.4, 0.5) is 13.2 Å². The fourth-order valence-electron chi connectivity index (χ4n) is 2.04. The fraction of sp³-hybridized carbons (Fsp3) is 0.200. The normalized spacial score (nSPS) is 13.0. The number of halogens is 4. The van der Waals surface area contributed by atoms with Crippen LogP contribution in [0, 0.1) is 6.92 Å². The zero-order valence-corrected chi connectivity index (χ0v) is 12.6. The lowest BCUT2D eigenvalue weighted by molar-refractivity contribution is -0.275. The summed E-state index contributed by atoms with van der Waals surface area (Å²) < 4.78 is 42.0. The molecule has 0 aliphatic carbocycles. The number of aliphatic hydroxyl groups excluding tert-OH is 1. The van der Waals surface area contributed by atoms with E-state index in [1.165, 1.54) is 18.2 Å². The van der Waals surface area contributed by atoms with Gasteiger partial charge < -0.3 is 9.84 Å². The van der Waals surface area contributed by atoms with Gasteiger partial charge in [-0.1, -0.05) is 40.2 Å². The summed E-state index contributed by atoms with van der Waals surface area (Å²) in [6.45, 7) is 1.77. The van der Waals surface area contributed by atoms with Crippen molar-refractivity contribution in [3.8, 4) is 5.75 Å². The predicted octanol–water partition coefficient (Wildman–Crippen LogP) is 4.74. The lowest BCUT2D eigenvalue weighted by atomic mass is 9.97. The molecule has 0 aromatic heterocycles. The van der Waals surface area contributed by atoms with E-state index in [4.69, 9.17) is 0 Å². The van der Waals surface area contributed by atoms with Crippen molar-refractivity contribution in [1.29, 1.82) is 0 Å². The molecule has 0 amide bonds. The molecular formula is C15H12BrF3O2. The molecule has 1 unspecified atom stereocenters. The van der Waals surface area contributed by atoms with Crippen molar-refractivity contribution < 1.29 is 23.0 Å². The van der Waals surface area contributed by atoms with E-state index in [0.717, 1.165) is 10.0 Å². The molecule has 0 saturated carbocycles. The maximum atomic E-state index is 12.4. The van der Waals surface area contributed by atoms with Gasteiger partial charge in [-0.25, -0.2) is 0 Å². The van der Waals surface area contributed by atoms with E-state index in [2.05, 4.69) is 20.7 Å². The van der Waals surface area contributed by atoms with Crippen LogP contribution in [0.25, 0.3) is 0 Å². The maximum absolute atomic E-state index is 12.4. The molecule has 1 atom stereocenters. The average molecular weight is 361 g/mol. The molecular weight excluding hydrogens is 349 g/mol. The monoisotopic (exact) mass is 360 g/mol. The van der Waals surface area contributed by atoms with Gasteiger partial charge in [0.25, 0.3) is 0 Å². The molecule has 2 rings (SSSR count). The number of benzene rings is 2. The van der Waals surface area contributed by atoms with Gasteiger partial charge >= 0.3 is 6.36 Å². The van der Waals surface area contributed by atoms with E-state index < -0.39 is 18.2 Å². The summed E-state index contributed by atoms with van der Waals surface area (Å²) in [5.74, 6) is -0.403. The van der Waals surface area contributed by atoms with Crippen LogP contribution < -0.4 is 4.74 Å². The van der Waals surface area contributed by atoms with Gasteiger partial charge in [-0.3, -0.25) is 0 Å². The van der Waals surface area contributed by atoms with Gasteiger partial charge in [0.05, 0.1) is 0 Å². The molecule has 6 heteroatoms. The van der Waals surface area contributed by atoms with Crippen LogP contribution in [0.3, 0.4) is 0 Å². The first-order valence-electron chi connectivity index (χ1n) is 6.07. The Balaban J connectivity index is 2.41. The van der Waals surface area contributed by atoms with Crippen LogP contribution >= 0.6 is 15.9 Å². The standard InChI is InChI=1S/C15H12BrF3O2/c1-9-8-10(16)6-7-11(9)14(20)12-4-2-3-5-13(12)21-15(17,18)19/h2-8,14,20H,1H3. The number of para-hydroxylation sites is 1. The lowest BCUT2D eigenvalue weighted by Gasteiger charge is -2.19. The zero-order valence-electron chi connectivity index (χ0n) is 11.0. The Labute approximate surface area is 128 Å². The largest absolute Gasteiger partial charge is 0.573 e. The van der Waals surface area contributed by atoms with Crippen molar-refractivity contribution in [3.63, 3.8) is 0 Å². The van der Waals surface area contributed by atoms with Crippen LogP contribution in [0.15, 0.2) is 46.9 Å². The zero-order chi connectivity index (χ0) is 15.6. The summed E-state index contributed by atoms with van der Waals surface area (Å²) in [7, 11) is 0. The Morgan fingerprint density at radius 2 is 1.76 bits per heavy atom. The number of aliphatic hydroxyl groups is 1. The first kappa shape index (κ1) is 15.9.